The number of methoxy groups -OCH3 is 1. The van der Waals surface area contributed by atoms with Crippen LogP contribution in [0, 0.1) is 6.92 Å². The number of H-pyrrole nitrogens is 1. The first-order valence-corrected chi connectivity index (χ1v) is 6.76. The molecule has 0 saturated carbocycles. The molecule has 0 aliphatic carbocycles. The van der Waals surface area contributed by atoms with Gasteiger partial charge in [0.15, 0.2) is 5.82 Å². The van der Waals surface area contributed by atoms with Crippen LogP contribution in [0.2, 0.25) is 0 Å². The van der Waals surface area contributed by atoms with E-state index in [-0.39, 0.29) is 5.97 Å². The van der Waals surface area contributed by atoms with Crippen LogP contribution in [-0.4, -0.2) is 32.8 Å². The smallest absolute Gasteiger partial charge is 0.340 e. The van der Waals surface area contributed by atoms with Crippen molar-refractivity contribution >= 4 is 17.0 Å². The number of hydrogen-bond acceptors (Lipinski definition) is 4. The number of imidazole rings is 1. The van der Waals surface area contributed by atoms with Crippen LogP contribution >= 0.6 is 0 Å². The average Bonchev–Trinajstić information content (AvgIpc) is 3.08. The second-order valence-corrected chi connectivity index (χ2v) is 4.77. The number of ether oxygens (including phenoxy) is 1. The number of benzene rings is 1. The highest BCUT2D eigenvalue weighted by Crippen LogP contribution is 2.24. The van der Waals surface area contributed by atoms with Crippen LogP contribution < -0.4 is 0 Å². The zero-order valence-corrected chi connectivity index (χ0v) is 12.2. The maximum atomic E-state index is 11.8. The van der Waals surface area contributed by atoms with Crippen LogP contribution in [0.4, 0.5) is 0 Å². The van der Waals surface area contributed by atoms with Crippen LogP contribution in [0.25, 0.3) is 22.6 Å². The quantitative estimate of drug-likeness (QED) is 0.750. The lowest BCUT2D eigenvalue weighted by molar-refractivity contribution is 0.0603. The van der Waals surface area contributed by atoms with Crippen LogP contribution in [0.1, 0.15) is 23.0 Å². The number of aryl methyl sites for hydroxylation is 2. The molecule has 0 radical (unpaired) electrons. The molecule has 108 valence electrons. The van der Waals surface area contributed by atoms with Gasteiger partial charge in [-0.2, -0.15) is 5.10 Å². The van der Waals surface area contributed by atoms with Gasteiger partial charge in [0.1, 0.15) is 11.2 Å². The molecule has 0 fully saturated rings. The summed E-state index contributed by atoms with van der Waals surface area (Å²) in [5, 5.41) is 4.41. The maximum absolute atomic E-state index is 11.8. The second kappa shape index (κ2) is 5.05. The predicted molar refractivity (Wildman–Crippen MR) is 79.1 cm³/mol. The number of para-hydroxylation sites is 1. The Labute approximate surface area is 121 Å². The van der Waals surface area contributed by atoms with E-state index >= 15 is 0 Å². The van der Waals surface area contributed by atoms with Gasteiger partial charge in [-0.25, -0.2) is 9.78 Å². The molecule has 3 aromatic rings. The minimum Gasteiger partial charge on any atom is -0.465 e. The number of aromatic amines is 1. The summed E-state index contributed by atoms with van der Waals surface area (Å²) in [6.45, 7) is 4.72. The van der Waals surface area contributed by atoms with Crippen molar-refractivity contribution in [2.24, 2.45) is 0 Å². The Kier molecular flexibility index (Phi) is 3.21. The minimum absolute atomic E-state index is 0.390. The van der Waals surface area contributed by atoms with E-state index < -0.39 is 0 Å². The molecule has 6 heteroatoms. The monoisotopic (exact) mass is 284 g/mol. The van der Waals surface area contributed by atoms with E-state index in [2.05, 4.69) is 15.1 Å². The van der Waals surface area contributed by atoms with E-state index in [4.69, 9.17) is 4.74 Å². The molecule has 21 heavy (non-hydrogen) atoms. The van der Waals surface area contributed by atoms with E-state index in [0.29, 0.717) is 16.9 Å². The summed E-state index contributed by atoms with van der Waals surface area (Å²) >= 11 is 0. The van der Waals surface area contributed by atoms with Crippen molar-refractivity contribution in [2.45, 2.75) is 20.4 Å². The largest absolute Gasteiger partial charge is 0.465 e. The predicted octanol–water partition coefficient (Wildman–Crippen LogP) is 2.54. The van der Waals surface area contributed by atoms with Gasteiger partial charge in [0.25, 0.3) is 0 Å². The summed E-state index contributed by atoms with van der Waals surface area (Å²) in [4.78, 5) is 19.6. The second-order valence-electron chi connectivity index (χ2n) is 4.77. The van der Waals surface area contributed by atoms with E-state index in [0.717, 1.165) is 23.4 Å². The van der Waals surface area contributed by atoms with Crippen molar-refractivity contribution in [1.82, 2.24) is 19.7 Å². The van der Waals surface area contributed by atoms with Gasteiger partial charge in [-0.05, 0) is 32.0 Å². The minimum atomic E-state index is -0.390. The molecular formula is C15H16N4O2. The number of rotatable bonds is 3. The molecule has 0 amide bonds. The molecule has 0 aliphatic heterocycles. The number of hydrogen-bond donors (Lipinski definition) is 1. The third-order valence-corrected chi connectivity index (χ3v) is 3.36. The van der Waals surface area contributed by atoms with Crippen molar-refractivity contribution in [1.29, 1.82) is 0 Å². The molecule has 1 N–H and O–H groups in total. The van der Waals surface area contributed by atoms with Gasteiger partial charge in [0.05, 0.1) is 23.9 Å². The van der Waals surface area contributed by atoms with E-state index in [1.165, 1.54) is 7.11 Å². The molecule has 2 heterocycles. The van der Waals surface area contributed by atoms with Crippen molar-refractivity contribution in [2.75, 3.05) is 7.11 Å². The highest BCUT2D eigenvalue weighted by Gasteiger charge is 2.16. The Morgan fingerprint density at radius 2 is 2.24 bits per heavy atom. The summed E-state index contributed by atoms with van der Waals surface area (Å²) in [5.41, 5.74) is 3.70. The van der Waals surface area contributed by atoms with E-state index in [9.17, 15) is 4.79 Å². The lowest BCUT2D eigenvalue weighted by atomic mass is 10.2. The number of esters is 1. The fourth-order valence-electron chi connectivity index (χ4n) is 2.41. The molecular weight excluding hydrogens is 268 g/mol. The maximum Gasteiger partial charge on any atom is 0.340 e. The Balaban J connectivity index is 2.19. The van der Waals surface area contributed by atoms with Gasteiger partial charge >= 0.3 is 5.97 Å². The Morgan fingerprint density at radius 3 is 2.95 bits per heavy atom. The van der Waals surface area contributed by atoms with Gasteiger partial charge in [-0.15, -0.1) is 0 Å². The van der Waals surface area contributed by atoms with Crippen molar-refractivity contribution in [3.05, 3.63) is 35.5 Å². The van der Waals surface area contributed by atoms with Crippen molar-refractivity contribution in [3.63, 3.8) is 0 Å². The Bertz CT molecular complexity index is 816. The first-order valence-electron chi connectivity index (χ1n) is 6.76. The number of carbonyl (C=O) groups excluding carboxylic acids is 1. The molecule has 0 atom stereocenters. The lowest BCUT2D eigenvalue weighted by Crippen LogP contribution is -2.02. The molecule has 0 unspecified atom stereocenters. The molecule has 0 saturated heterocycles. The first kappa shape index (κ1) is 13.4. The van der Waals surface area contributed by atoms with Crippen LogP contribution in [-0.2, 0) is 11.3 Å². The molecule has 2 aromatic heterocycles. The number of nitrogens with one attached hydrogen (secondary N) is 1. The van der Waals surface area contributed by atoms with Gasteiger partial charge in [0, 0.05) is 6.54 Å². The standard InChI is InChI=1S/C15H16N4O2/c1-4-19-12(8-9(2)18-19)14-16-11-7-5-6-10(13(11)17-14)15(20)21-3/h5-8H,4H2,1-3H3,(H,16,17). The number of fused-ring (bicyclic) bond motifs is 1. The van der Waals surface area contributed by atoms with Crippen molar-refractivity contribution in [3.8, 4) is 11.5 Å². The van der Waals surface area contributed by atoms with E-state index in [1.54, 1.807) is 12.1 Å². The summed E-state index contributed by atoms with van der Waals surface area (Å²) in [6, 6.07) is 7.37. The lowest BCUT2D eigenvalue weighted by Gasteiger charge is -2.00. The van der Waals surface area contributed by atoms with E-state index in [1.807, 2.05) is 30.7 Å². The Morgan fingerprint density at radius 1 is 1.43 bits per heavy atom. The summed E-state index contributed by atoms with van der Waals surface area (Å²) in [7, 11) is 1.37. The van der Waals surface area contributed by atoms with Crippen molar-refractivity contribution < 1.29 is 9.53 Å². The van der Waals surface area contributed by atoms with Gasteiger partial charge in [-0.1, -0.05) is 6.07 Å². The average molecular weight is 284 g/mol. The SMILES string of the molecule is CCn1nc(C)cc1-c1nc2c(C(=O)OC)cccc2[nH]1. The molecule has 0 aliphatic rings. The van der Waals surface area contributed by atoms with Gasteiger partial charge < -0.3 is 9.72 Å². The summed E-state index contributed by atoms with van der Waals surface area (Å²) in [5.74, 6) is 0.308. The Hall–Kier alpha value is -2.63. The van der Waals surface area contributed by atoms with Crippen LogP contribution in [0.3, 0.4) is 0 Å². The number of aromatic nitrogens is 4. The highest BCUT2D eigenvalue weighted by atomic mass is 16.5. The van der Waals surface area contributed by atoms with Crippen LogP contribution in [0.15, 0.2) is 24.3 Å². The molecule has 1 aromatic carbocycles. The number of carbonyl (C=O) groups is 1. The fraction of sp³-hybridized carbons (Fsp3) is 0.267. The molecule has 6 nitrogen and oxygen atoms in total. The zero-order chi connectivity index (χ0) is 15.0. The fourth-order valence-corrected chi connectivity index (χ4v) is 2.41. The third kappa shape index (κ3) is 2.18. The van der Waals surface area contributed by atoms with Gasteiger partial charge in [0.2, 0.25) is 0 Å². The molecule has 0 spiro atoms. The molecule has 3 rings (SSSR count). The normalized spacial score (nSPS) is 11.0. The highest BCUT2D eigenvalue weighted by molar-refractivity contribution is 6.02. The summed E-state index contributed by atoms with van der Waals surface area (Å²) < 4.78 is 6.68. The topological polar surface area (TPSA) is 72.8 Å². The third-order valence-electron chi connectivity index (χ3n) is 3.36. The summed E-state index contributed by atoms with van der Waals surface area (Å²) in [6.07, 6.45) is 0. The zero-order valence-electron chi connectivity index (χ0n) is 12.2. The first-order chi connectivity index (χ1) is 10.1. The van der Waals surface area contributed by atoms with Crippen LogP contribution in [0.5, 0.6) is 0 Å². The van der Waals surface area contributed by atoms with Gasteiger partial charge in [-0.3, -0.25) is 4.68 Å². The number of nitrogens with zero attached hydrogens (tertiary/aromatic N) is 3. The molecule has 0 bridgehead atoms.